The van der Waals surface area contributed by atoms with Crippen molar-refractivity contribution in [2.75, 3.05) is 44.3 Å². The number of hydrogen-bond acceptors (Lipinski definition) is 4. The molecule has 0 bridgehead atoms. The second-order valence-corrected chi connectivity index (χ2v) is 22.3. The number of pyridine rings is 1. The summed E-state index contributed by atoms with van der Waals surface area (Å²) in [4.78, 5) is 10.3. The molecule has 0 saturated carbocycles. The topological polar surface area (TPSA) is 28.6 Å². The van der Waals surface area contributed by atoms with Crippen LogP contribution in [0.3, 0.4) is 0 Å². The fourth-order valence-electron chi connectivity index (χ4n) is 4.97. The molecule has 3 heterocycles. The summed E-state index contributed by atoms with van der Waals surface area (Å²) in [6, 6.07) is 5.53. The number of rotatable bonds is 12. The van der Waals surface area contributed by atoms with E-state index in [9.17, 15) is 0 Å². The van der Waals surface area contributed by atoms with E-state index in [0.717, 1.165) is 39.4 Å². The average Bonchev–Trinajstić information content (AvgIpc) is 2.73. The molecule has 0 N–H and O–H groups in total. The van der Waals surface area contributed by atoms with Gasteiger partial charge in [0.25, 0.3) is 0 Å². The number of anilines is 1. The number of piperazine rings is 1. The quantitative estimate of drug-likeness (QED) is 0.385. The van der Waals surface area contributed by atoms with Crippen LogP contribution < -0.4 is 8.61 Å². The molecule has 0 aromatic carbocycles. The van der Waals surface area contributed by atoms with Crippen molar-refractivity contribution in [1.29, 1.82) is 0 Å². The van der Waals surface area contributed by atoms with Crippen molar-refractivity contribution < 1.29 is 4.74 Å². The van der Waals surface area contributed by atoms with Crippen molar-refractivity contribution in [2.45, 2.75) is 78.6 Å². The molecule has 1 aromatic rings. The first-order valence-corrected chi connectivity index (χ1v) is 19.7. The van der Waals surface area contributed by atoms with Crippen LogP contribution in [-0.2, 0) is 4.74 Å². The van der Waals surface area contributed by atoms with Crippen molar-refractivity contribution in [2.24, 2.45) is 0 Å². The molecular weight excluding hydrogens is 465 g/mol. The second kappa shape index (κ2) is 11.9. The fourth-order valence-corrected chi connectivity index (χ4v) is 20.3. The van der Waals surface area contributed by atoms with Gasteiger partial charge in [0.2, 0.25) is 0 Å². The first kappa shape index (κ1) is 23.3. The third-order valence-electron chi connectivity index (χ3n) is 7.13. The van der Waals surface area contributed by atoms with Gasteiger partial charge in [0, 0.05) is 0 Å². The summed E-state index contributed by atoms with van der Waals surface area (Å²) < 4.78 is 11.4. The predicted octanol–water partition coefficient (Wildman–Crippen LogP) is 4.66. The molecule has 164 valence electrons. The molecule has 0 radical (unpaired) electrons. The van der Waals surface area contributed by atoms with Crippen LogP contribution in [0.1, 0.15) is 59.3 Å². The first-order valence-electron chi connectivity index (χ1n) is 12.3. The molecule has 3 rings (SSSR count). The van der Waals surface area contributed by atoms with Gasteiger partial charge in [-0.3, -0.25) is 0 Å². The maximum atomic E-state index is 5.37. The molecule has 1 aromatic heterocycles. The van der Waals surface area contributed by atoms with Gasteiger partial charge in [-0.2, -0.15) is 0 Å². The van der Waals surface area contributed by atoms with Crippen LogP contribution in [-0.4, -0.2) is 73.7 Å². The van der Waals surface area contributed by atoms with Crippen LogP contribution in [0.15, 0.2) is 18.3 Å². The van der Waals surface area contributed by atoms with Gasteiger partial charge in [0.15, 0.2) is 0 Å². The van der Waals surface area contributed by atoms with E-state index in [1.165, 1.54) is 57.5 Å². The molecular formula is C24H43N3OSn. The van der Waals surface area contributed by atoms with Crippen molar-refractivity contribution in [3.63, 3.8) is 0 Å². The molecule has 2 fully saturated rings. The fraction of sp³-hybridized carbons (Fsp3) is 0.792. The van der Waals surface area contributed by atoms with Crippen LogP contribution in [0, 0.1) is 0 Å². The second-order valence-electron chi connectivity index (χ2n) is 9.21. The van der Waals surface area contributed by atoms with Gasteiger partial charge in [-0.25, -0.2) is 0 Å². The molecule has 0 aliphatic carbocycles. The van der Waals surface area contributed by atoms with E-state index in [1.807, 2.05) is 0 Å². The van der Waals surface area contributed by atoms with Gasteiger partial charge in [-0.1, -0.05) is 0 Å². The number of nitrogens with zero attached hydrogens (tertiary/aromatic N) is 3. The number of unbranched alkanes of at least 4 members (excludes halogenated alkanes) is 3. The molecule has 0 unspecified atom stereocenters. The molecule has 0 atom stereocenters. The monoisotopic (exact) mass is 509 g/mol. The summed E-state index contributed by atoms with van der Waals surface area (Å²) >= 11 is -2.38. The van der Waals surface area contributed by atoms with E-state index >= 15 is 0 Å². The summed E-state index contributed by atoms with van der Waals surface area (Å²) in [5.74, 6) is 0. The molecule has 5 heteroatoms. The molecule has 4 nitrogen and oxygen atoms in total. The Bertz CT molecular complexity index is 561. The Balaban J connectivity index is 1.68. The van der Waals surface area contributed by atoms with Crippen LogP contribution >= 0.6 is 0 Å². The average molecular weight is 508 g/mol. The predicted molar refractivity (Wildman–Crippen MR) is 127 cm³/mol. The number of aromatic nitrogens is 1. The molecule has 0 spiro atoms. The van der Waals surface area contributed by atoms with Gasteiger partial charge in [-0.15, -0.1) is 0 Å². The van der Waals surface area contributed by atoms with Gasteiger partial charge in [0.05, 0.1) is 0 Å². The minimum absolute atomic E-state index is 0.669. The molecule has 2 saturated heterocycles. The summed E-state index contributed by atoms with van der Waals surface area (Å²) in [7, 11) is 0. The zero-order valence-corrected chi connectivity index (χ0v) is 22.0. The van der Waals surface area contributed by atoms with Crippen LogP contribution in [0.25, 0.3) is 0 Å². The minimum atomic E-state index is -2.38. The van der Waals surface area contributed by atoms with Gasteiger partial charge in [0.1, 0.15) is 0 Å². The van der Waals surface area contributed by atoms with Crippen molar-refractivity contribution in [3.05, 3.63) is 18.3 Å². The zero-order valence-electron chi connectivity index (χ0n) is 19.2. The third-order valence-corrected chi connectivity index (χ3v) is 22.3. The standard InChI is InChI=1S/C12H16N3O.3C4H9.Sn/c1-2-11(8-13-3-1)14-4-6-15(7-5-14)12-9-16-10-12;3*1-3-4-2;/h1-2,8,12H,4-7,9-10H2;3*1,3-4H2,2H3;. The van der Waals surface area contributed by atoms with Gasteiger partial charge in [-0.05, 0) is 0 Å². The first-order chi connectivity index (χ1) is 14.2. The SMILES string of the molecule is CCC[CH2][Sn]([CH2]CCC)([CH2]CCC)[c]1ccc(N2CCN(C3COC3)CC2)cn1. The van der Waals surface area contributed by atoms with E-state index in [2.05, 4.69) is 48.9 Å². The third kappa shape index (κ3) is 6.10. The zero-order chi connectivity index (χ0) is 20.5. The Labute approximate surface area is 183 Å². The Morgan fingerprint density at radius 1 is 0.897 bits per heavy atom. The Hall–Kier alpha value is -0.331. The molecule has 2 aliphatic rings. The Kier molecular flexibility index (Phi) is 9.57. The van der Waals surface area contributed by atoms with Crippen molar-refractivity contribution >= 4 is 27.8 Å². The molecule has 29 heavy (non-hydrogen) atoms. The van der Waals surface area contributed by atoms with Crippen LogP contribution in [0.5, 0.6) is 0 Å². The summed E-state index contributed by atoms with van der Waals surface area (Å²) in [5, 5.41) is 0. The Morgan fingerprint density at radius 2 is 1.48 bits per heavy atom. The normalized spacial score (nSPS) is 18.8. The summed E-state index contributed by atoms with van der Waals surface area (Å²) in [5.41, 5.74) is 1.33. The number of hydrogen-bond donors (Lipinski definition) is 0. The van der Waals surface area contributed by atoms with E-state index < -0.39 is 18.4 Å². The van der Waals surface area contributed by atoms with Crippen molar-refractivity contribution in [1.82, 2.24) is 9.88 Å². The van der Waals surface area contributed by atoms with E-state index in [4.69, 9.17) is 9.72 Å². The van der Waals surface area contributed by atoms with E-state index in [-0.39, 0.29) is 0 Å². The van der Waals surface area contributed by atoms with Gasteiger partial charge < -0.3 is 0 Å². The van der Waals surface area contributed by atoms with Crippen LogP contribution in [0.4, 0.5) is 5.69 Å². The van der Waals surface area contributed by atoms with Crippen molar-refractivity contribution in [3.8, 4) is 0 Å². The number of ether oxygens (including phenoxy) is 1. The molecule has 2 aliphatic heterocycles. The Morgan fingerprint density at radius 3 is 1.90 bits per heavy atom. The van der Waals surface area contributed by atoms with E-state index in [1.54, 1.807) is 3.71 Å². The summed E-state index contributed by atoms with van der Waals surface area (Å²) in [6.07, 6.45) is 10.4. The van der Waals surface area contributed by atoms with Gasteiger partial charge >= 0.3 is 184 Å². The molecule has 0 amide bonds. The summed E-state index contributed by atoms with van der Waals surface area (Å²) in [6.45, 7) is 13.5. The van der Waals surface area contributed by atoms with E-state index in [0.29, 0.717) is 6.04 Å². The maximum absolute atomic E-state index is 5.37. The van der Waals surface area contributed by atoms with Crippen LogP contribution in [0.2, 0.25) is 13.3 Å².